The third kappa shape index (κ3) is 3.78. The smallest absolute Gasteiger partial charge is 0.242 e. The van der Waals surface area contributed by atoms with Gasteiger partial charge in [0, 0.05) is 26.0 Å². The normalized spacial score (nSPS) is 13.8. The molecule has 4 nitrogen and oxygen atoms in total. The third-order valence-electron chi connectivity index (χ3n) is 2.52. The van der Waals surface area contributed by atoms with Crippen LogP contribution < -0.4 is 0 Å². The summed E-state index contributed by atoms with van der Waals surface area (Å²) < 4.78 is 30.6. The number of benzene rings is 1. The fourth-order valence-corrected chi connectivity index (χ4v) is 3.34. The molecule has 0 aliphatic heterocycles. The summed E-state index contributed by atoms with van der Waals surface area (Å²) in [5.74, 6) is 0. The molecule has 0 saturated heterocycles. The molecule has 1 rings (SSSR count). The van der Waals surface area contributed by atoms with Crippen molar-refractivity contribution in [2.45, 2.75) is 16.1 Å². The van der Waals surface area contributed by atoms with E-state index in [0.717, 1.165) is 5.56 Å². The summed E-state index contributed by atoms with van der Waals surface area (Å²) in [5, 5.41) is 0. The van der Waals surface area contributed by atoms with Gasteiger partial charge in [0.1, 0.15) is 0 Å². The standard InChI is InChI=1S/C12H18BrNO3S/c1-14(2)18(15,16)12-7-5-4-6-10(12)8-11(13)9-17-3/h4-7,11H,8-9H2,1-3H3. The SMILES string of the molecule is COCC(Br)Cc1ccccc1S(=O)(=O)N(C)C. The predicted octanol–water partition coefficient (Wildman–Crippen LogP) is 1.89. The highest BCUT2D eigenvalue weighted by atomic mass is 79.9. The van der Waals surface area contributed by atoms with E-state index in [2.05, 4.69) is 15.9 Å². The molecule has 0 radical (unpaired) electrons. The van der Waals surface area contributed by atoms with E-state index >= 15 is 0 Å². The molecule has 1 atom stereocenters. The molecule has 0 aliphatic carbocycles. The molecule has 1 unspecified atom stereocenters. The zero-order chi connectivity index (χ0) is 13.8. The van der Waals surface area contributed by atoms with E-state index in [1.165, 1.54) is 18.4 Å². The summed E-state index contributed by atoms with van der Waals surface area (Å²) in [4.78, 5) is 0.455. The molecular formula is C12H18BrNO3S. The number of alkyl halides is 1. The van der Waals surface area contributed by atoms with Crippen LogP contribution in [0.3, 0.4) is 0 Å². The topological polar surface area (TPSA) is 46.6 Å². The summed E-state index contributed by atoms with van der Waals surface area (Å²) in [6, 6.07) is 7.05. The van der Waals surface area contributed by atoms with Gasteiger partial charge in [-0.3, -0.25) is 0 Å². The zero-order valence-electron chi connectivity index (χ0n) is 10.8. The van der Waals surface area contributed by atoms with Gasteiger partial charge in [0.2, 0.25) is 10.0 Å². The minimum absolute atomic E-state index is 0.0982. The molecule has 1 aromatic rings. The third-order valence-corrected chi connectivity index (χ3v) is 5.02. The molecule has 0 bridgehead atoms. The first-order valence-corrected chi connectivity index (χ1v) is 7.88. The number of hydrogen-bond donors (Lipinski definition) is 0. The quantitative estimate of drug-likeness (QED) is 0.746. The molecule has 0 N–H and O–H groups in total. The molecule has 0 heterocycles. The van der Waals surface area contributed by atoms with Crippen molar-refractivity contribution in [3.8, 4) is 0 Å². The zero-order valence-corrected chi connectivity index (χ0v) is 13.2. The van der Waals surface area contributed by atoms with Gasteiger partial charge in [-0.1, -0.05) is 34.1 Å². The monoisotopic (exact) mass is 335 g/mol. The highest BCUT2D eigenvalue weighted by Gasteiger charge is 2.21. The Hall–Kier alpha value is -0.430. The van der Waals surface area contributed by atoms with Crippen molar-refractivity contribution in [1.29, 1.82) is 0 Å². The number of nitrogens with zero attached hydrogens (tertiary/aromatic N) is 1. The first-order chi connectivity index (χ1) is 8.39. The molecule has 0 fully saturated rings. The average Bonchev–Trinajstić information content (AvgIpc) is 2.29. The summed E-state index contributed by atoms with van der Waals surface area (Å²) >= 11 is 3.48. The van der Waals surface area contributed by atoms with Gasteiger partial charge in [-0.15, -0.1) is 0 Å². The molecule has 1 aromatic carbocycles. The predicted molar refractivity (Wildman–Crippen MR) is 75.6 cm³/mol. The van der Waals surface area contributed by atoms with Crippen LogP contribution in [0, 0.1) is 0 Å². The van der Waals surface area contributed by atoms with E-state index in [0.29, 0.717) is 17.9 Å². The van der Waals surface area contributed by atoms with Gasteiger partial charge in [-0.25, -0.2) is 12.7 Å². The minimum Gasteiger partial charge on any atom is -0.384 e. The van der Waals surface area contributed by atoms with Crippen LogP contribution in [-0.2, 0) is 21.2 Å². The largest absolute Gasteiger partial charge is 0.384 e. The fourth-order valence-electron chi connectivity index (χ4n) is 1.60. The van der Waals surface area contributed by atoms with Crippen molar-refractivity contribution >= 4 is 26.0 Å². The van der Waals surface area contributed by atoms with Crippen molar-refractivity contribution in [3.63, 3.8) is 0 Å². The summed E-state index contributed by atoms with van der Waals surface area (Å²) in [6.45, 7) is 0.538. The van der Waals surface area contributed by atoms with Crippen LogP contribution >= 0.6 is 15.9 Å². The van der Waals surface area contributed by atoms with Crippen LogP contribution in [0.2, 0.25) is 0 Å². The fraction of sp³-hybridized carbons (Fsp3) is 0.500. The number of ether oxygens (including phenoxy) is 1. The maximum absolute atomic E-state index is 12.2. The first-order valence-electron chi connectivity index (χ1n) is 5.53. The second-order valence-corrected chi connectivity index (χ2v) is 7.57. The van der Waals surface area contributed by atoms with E-state index in [9.17, 15) is 8.42 Å². The van der Waals surface area contributed by atoms with Gasteiger partial charge in [0.15, 0.2) is 0 Å². The van der Waals surface area contributed by atoms with Crippen LogP contribution in [0.25, 0.3) is 0 Å². The molecular weight excluding hydrogens is 318 g/mol. The van der Waals surface area contributed by atoms with Crippen molar-refractivity contribution in [3.05, 3.63) is 29.8 Å². The van der Waals surface area contributed by atoms with Gasteiger partial charge < -0.3 is 4.74 Å². The van der Waals surface area contributed by atoms with E-state index in [1.54, 1.807) is 19.2 Å². The lowest BCUT2D eigenvalue weighted by Crippen LogP contribution is -2.24. The van der Waals surface area contributed by atoms with Crippen LogP contribution in [0.4, 0.5) is 0 Å². The first kappa shape index (κ1) is 15.6. The molecule has 0 aromatic heterocycles. The van der Waals surface area contributed by atoms with E-state index in [-0.39, 0.29) is 4.83 Å². The molecule has 0 spiro atoms. The van der Waals surface area contributed by atoms with Gasteiger partial charge >= 0.3 is 0 Å². The summed E-state index contributed by atoms with van der Waals surface area (Å²) in [7, 11) is 1.29. The molecule has 0 saturated carbocycles. The van der Waals surface area contributed by atoms with Crippen LogP contribution in [0.5, 0.6) is 0 Å². The molecule has 6 heteroatoms. The van der Waals surface area contributed by atoms with Crippen molar-refractivity contribution in [2.24, 2.45) is 0 Å². The van der Waals surface area contributed by atoms with Gasteiger partial charge in [0.25, 0.3) is 0 Å². The highest BCUT2D eigenvalue weighted by Crippen LogP contribution is 2.21. The Bertz CT molecular complexity index is 488. The Labute approximate surface area is 117 Å². The maximum atomic E-state index is 12.2. The second-order valence-electron chi connectivity index (χ2n) is 4.15. The lowest BCUT2D eigenvalue weighted by molar-refractivity contribution is 0.200. The number of rotatable bonds is 6. The van der Waals surface area contributed by atoms with Gasteiger partial charge in [0.05, 0.1) is 11.5 Å². The van der Waals surface area contributed by atoms with Crippen molar-refractivity contribution < 1.29 is 13.2 Å². The van der Waals surface area contributed by atoms with Crippen LogP contribution in [-0.4, -0.2) is 45.4 Å². The van der Waals surface area contributed by atoms with Crippen LogP contribution in [0.15, 0.2) is 29.2 Å². The van der Waals surface area contributed by atoms with Gasteiger partial charge in [-0.2, -0.15) is 0 Å². The second kappa shape index (κ2) is 6.65. The maximum Gasteiger partial charge on any atom is 0.242 e. The number of methoxy groups -OCH3 is 1. The van der Waals surface area contributed by atoms with Crippen LogP contribution in [0.1, 0.15) is 5.56 Å². The molecule has 18 heavy (non-hydrogen) atoms. The lowest BCUT2D eigenvalue weighted by atomic mass is 10.1. The minimum atomic E-state index is -3.40. The Morgan fingerprint density at radius 2 is 1.94 bits per heavy atom. The van der Waals surface area contributed by atoms with E-state index in [1.807, 2.05) is 12.1 Å². The highest BCUT2D eigenvalue weighted by molar-refractivity contribution is 9.09. The lowest BCUT2D eigenvalue weighted by Gasteiger charge is -2.16. The molecule has 102 valence electrons. The van der Waals surface area contributed by atoms with E-state index in [4.69, 9.17) is 4.74 Å². The molecule has 0 amide bonds. The average molecular weight is 336 g/mol. The number of halogens is 1. The number of sulfonamides is 1. The Morgan fingerprint density at radius 1 is 1.33 bits per heavy atom. The Kier molecular flexibility index (Phi) is 5.78. The molecule has 0 aliphatic rings. The van der Waals surface area contributed by atoms with Crippen molar-refractivity contribution in [1.82, 2.24) is 4.31 Å². The number of hydrogen-bond acceptors (Lipinski definition) is 3. The van der Waals surface area contributed by atoms with Gasteiger partial charge in [-0.05, 0) is 18.1 Å². The Balaban J connectivity index is 3.08. The van der Waals surface area contributed by atoms with E-state index < -0.39 is 10.0 Å². The van der Waals surface area contributed by atoms with Crippen molar-refractivity contribution in [2.75, 3.05) is 27.8 Å². The Morgan fingerprint density at radius 3 is 2.50 bits per heavy atom. The summed E-state index contributed by atoms with van der Waals surface area (Å²) in [6.07, 6.45) is 0.608. The summed E-state index contributed by atoms with van der Waals surface area (Å²) in [5.41, 5.74) is 0.796.